The molecule has 1 fully saturated rings. The summed E-state index contributed by atoms with van der Waals surface area (Å²) in [5.74, 6) is 0.101. The standard InChI is InChI=1S/C28H29N7O/c1-19-27(32-25(20-9-3-2-4-10-20)21-11-5-7-13-23(21)31-19)34-28(30)33-26(29)22-12-6-8-14-24(22)35-15-17-36-18-16-35/h2-14,27,31H,1,15-18H2,(H4,29,30,33,34). The van der Waals surface area contributed by atoms with E-state index in [1.54, 1.807) is 0 Å². The Bertz CT molecular complexity index is 1310. The van der Waals surface area contributed by atoms with E-state index < -0.39 is 6.17 Å². The van der Waals surface area contributed by atoms with Crippen molar-refractivity contribution in [2.24, 2.45) is 4.99 Å². The summed E-state index contributed by atoms with van der Waals surface area (Å²) in [6.07, 6.45) is -0.616. The van der Waals surface area contributed by atoms with E-state index in [-0.39, 0.29) is 11.8 Å². The fourth-order valence-electron chi connectivity index (χ4n) is 4.39. The molecule has 1 saturated heterocycles. The highest BCUT2D eigenvalue weighted by Gasteiger charge is 2.23. The Morgan fingerprint density at radius 1 is 0.944 bits per heavy atom. The van der Waals surface area contributed by atoms with Crippen molar-refractivity contribution in [3.05, 3.63) is 108 Å². The number of rotatable bonds is 4. The number of ether oxygens (including phenoxy) is 1. The van der Waals surface area contributed by atoms with Crippen LogP contribution in [-0.2, 0) is 4.74 Å². The third kappa shape index (κ3) is 4.99. The molecule has 36 heavy (non-hydrogen) atoms. The number of nitrogens with zero attached hydrogens (tertiary/aromatic N) is 2. The summed E-state index contributed by atoms with van der Waals surface area (Å²) in [7, 11) is 0. The highest BCUT2D eigenvalue weighted by molar-refractivity contribution is 6.16. The molecule has 0 aliphatic carbocycles. The summed E-state index contributed by atoms with van der Waals surface area (Å²) < 4.78 is 5.47. The van der Waals surface area contributed by atoms with Gasteiger partial charge in [0.15, 0.2) is 12.1 Å². The van der Waals surface area contributed by atoms with Crippen molar-refractivity contribution in [3.63, 3.8) is 0 Å². The molecule has 1 atom stereocenters. The lowest BCUT2D eigenvalue weighted by Crippen LogP contribution is -2.46. The van der Waals surface area contributed by atoms with Crippen molar-refractivity contribution in [3.8, 4) is 0 Å². The Hall–Kier alpha value is -4.43. The van der Waals surface area contributed by atoms with Crippen LogP contribution >= 0.6 is 0 Å². The lowest BCUT2D eigenvalue weighted by Gasteiger charge is -2.30. The van der Waals surface area contributed by atoms with E-state index in [0.29, 0.717) is 18.9 Å². The number of para-hydroxylation sites is 2. The van der Waals surface area contributed by atoms with Crippen LogP contribution in [0.15, 0.2) is 96.1 Å². The van der Waals surface area contributed by atoms with Gasteiger partial charge in [0.1, 0.15) is 5.84 Å². The maximum atomic E-state index is 8.69. The maximum absolute atomic E-state index is 8.69. The van der Waals surface area contributed by atoms with Crippen LogP contribution in [0.2, 0.25) is 0 Å². The van der Waals surface area contributed by atoms with E-state index in [1.807, 2.05) is 78.9 Å². The van der Waals surface area contributed by atoms with Gasteiger partial charge in [-0.05, 0) is 18.2 Å². The first-order valence-corrected chi connectivity index (χ1v) is 11.9. The molecule has 2 aliphatic heterocycles. The molecule has 0 saturated carbocycles. The molecular formula is C28H29N7O. The number of nitrogens with one attached hydrogen (secondary N) is 5. The van der Waals surface area contributed by atoms with Crippen LogP contribution in [0.25, 0.3) is 0 Å². The first-order valence-electron chi connectivity index (χ1n) is 11.9. The number of fused-ring (bicyclic) bond motifs is 1. The average Bonchev–Trinajstić information content (AvgIpc) is 3.05. The molecule has 8 heteroatoms. The molecule has 8 nitrogen and oxygen atoms in total. The van der Waals surface area contributed by atoms with Gasteiger partial charge in [-0.3, -0.25) is 15.8 Å². The third-order valence-corrected chi connectivity index (χ3v) is 6.17. The van der Waals surface area contributed by atoms with Crippen molar-refractivity contribution < 1.29 is 4.74 Å². The lowest BCUT2D eigenvalue weighted by molar-refractivity contribution is 0.122. The Kier molecular flexibility index (Phi) is 6.77. The van der Waals surface area contributed by atoms with Crippen molar-refractivity contribution in [1.29, 1.82) is 10.8 Å². The van der Waals surface area contributed by atoms with Crippen molar-refractivity contribution in [1.82, 2.24) is 10.6 Å². The molecular weight excluding hydrogens is 450 g/mol. The van der Waals surface area contributed by atoms with Gasteiger partial charge in [-0.15, -0.1) is 0 Å². The van der Waals surface area contributed by atoms with Crippen molar-refractivity contribution >= 4 is 28.9 Å². The second-order valence-corrected chi connectivity index (χ2v) is 8.58. The zero-order valence-corrected chi connectivity index (χ0v) is 19.9. The summed E-state index contributed by atoms with van der Waals surface area (Å²) in [6.45, 7) is 7.03. The second kappa shape index (κ2) is 10.5. The molecule has 5 rings (SSSR count). The number of anilines is 2. The number of benzodiazepines with no additional fused rings is 1. The van der Waals surface area contributed by atoms with E-state index in [0.717, 1.165) is 46.9 Å². The van der Waals surface area contributed by atoms with Gasteiger partial charge in [0, 0.05) is 41.2 Å². The minimum absolute atomic E-state index is 0.0353. The van der Waals surface area contributed by atoms with E-state index in [2.05, 4.69) is 27.4 Å². The summed E-state index contributed by atoms with van der Waals surface area (Å²) >= 11 is 0. The van der Waals surface area contributed by atoms with Crippen molar-refractivity contribution in [2.75, 3.05) is 36.5 Å². The maximum Gasteiger partial charge on any atom is 0.196 e. The van der Waals surface area contributed by atoms with Crippen molar-refractivity contribution in [2.45, 2.75) is 6.17 Å². The van der Waals surface area contributed by atoms with Gasteiger partial charge in [-0.2, -0.15) is 0 Å². The summed E-state index contributed by atoms with van der Waals surface area (Å²) in [5.41, 5.74) is 5.92. The molecule has 0 bridgehead atoms. The Morgan fingerprint density at radius 2 is 1.64 bits per heavy atom. The van der Waals surface area contributed by atoms with Crippen LogP contribution in [0.1, 0.15) is 16.7 Å². The summed E-state index contributed by atoms with van der Waals surface area (Å²) in [6, 6.07) is 25.7. The van der Waals surface area contributed by atoms with Gasteiger partial charge in [0.2, 0.25) is 0 Å². The molecule has 0 spiro atoms. The Morgan fingerprint density at radius 3 is 2.44 bits per heavy atom. The number of hydrogen-bond acceptors (Lipinski definition) is 6. The number of amidine groups is 1. The molecule has 3 aromatic carbocycles. The zero-order chi connectivity index (χ0) is 24.9. The van der Waals surface area contributed by atoms with Crippen LogP contribution in [0, 0.1) is 10.8 Å². The van der Waals surface area contributed by atoms with Gasteiger partial charge >= 0.3 is 0 Å². The Balaban J connectivity index is 1.36. The lowest BCUT2D eigenvalue weighted by atomic mass is 10.0. The molecule has 0 radical (unpaired) electrons. The average molecular weight is 480 g/mol. The minimum Gasteiger partial charge on any atom is -0.378 e. The molecule has 2 heterocycles. The molecule has 3 aromatic rings. The van der Waals surface area contributed by atoms with Crippen LogP contribution in [-0.4, -0.2) is 50.0 Å². The quantitative estimate of drug-likeness (QED) is 0.289. The Labute approximate surface area is 210 Å². The van der Waals surface area contributed by atoms with Crippen LogP contribution in [0.4, 0.5) is 11.4 Å². The number of morpholine rings is 1. The first kappa shape index (κ1) is 23.3. The van der Waals surface area contributed by atoms with Gasteiger partial charge in [0.25, 0.3) is 0 Å². The minimum atomic E-state index is -0.616. The largest absolute Gasteiger partial charge is 0.378 e. The topological polar surface area (TPSA) is 109 Å². The highest BCUT2D eigenvalue weighted by atomic mass is 16.5. The van der Waals surface area contributed by atoms with Gasteiger partial charge < -0.3 is 25.6 Å². The van der Waals surface area contributed by atoms with E-state index in [4.69, 9.17) is 20.5 Å². The smallest absolute Gasteiger partial charge is 0.196 e. The van der Waals surface area contributed by atoms with Crippen LogP contribution in [0.3, 0.4) is 0 Å². The number of hydrogen-bond donors (Lipinski definition) is 5. The molecule has 1 unspecified atom stereocenters. The monoisotopic (exact) mass is 479 g/mol. The second-order valence-electron chi connectivity index (χ2n) is 8.58. The molecule has 2 aliphatic rings. The van der Waals surface area contributed by atoms with Crippen LogP contribution in [0.5, 0.6) is 0 Å². The van der Waals surface area contributed by atoms with E-state index in [1.165, 1.54) is 0 Å². The van der Waals surface area contributed by atoms with E-state index in [9.17, 15) is 0 Å². The molecule has 0 aromatic heterocycles. The molecule has 182 valence electrons. The molecule has 0 amide bonds. The zero-order valence-electron chi connectivity index (χ0n) is 19.9. The molecule has 5 N–H and O–H groups in total. The van der Waals surface area contributed by atoms with Crippen LogP contribution < -0.4 is 20.9 Å². The normalized spacial score (nSPS) is 17.2. The highest BCUT2D eigenvalue weighted by Crippen LogP contribution is 2.26. The predicted octanol–water partition coefficient (Wildman–Crippen LogP) is 3.77. The first-order chi connectivity index (χ1) is 17.6. The third-order valence-electron chi connectivity index (χ3n) is 6.17. The van der Waals surface area contributed by atoms with Gasteiger partial charge in [-0.25, -0.2) is 0 Å². The summed E-state index contributed by atoms with van der Waals surface area (Å²) in [5, 5.41) is 26.6. The number of benzene rings is 3. The SMILES string of the molecule is C=C1Nc2ccccc2C(c2ccccc2)=NC1NC(=N)NC(=N)c1ccccc1N1CCOCC1. The summed E-state index contributed by atoms with van der Waals surface area (Å²) in [4.78, 5) is 7.15. The van der Waals surface area contributed by atoms with Gasteiger partial charge in [-0.1, -0.05) is 67.2 Å². The fraction of sp³-hybridized carbons (Fsp3) is 0.179. The van der Waals surface area contributed by atoms with E-state index >= 15 is 0 Å². The van der Waals surface area contributed by atoms with Gasteiger partial charge in [0.05, 0.1) is 24.6 Å². The number of guanidine groups is 1. The fourth-order valence-corrected chi connectivity index (χ4v) is 4.39. The number of aliphatic imine (C=N–C) groups is 1. The predicted molar refractivity (Wildman–Crippen MR) is 145 cm³/mol.